The fourth-order valence-electron chi connectivity index (χ4n) is 1.92. The molecule has 0 atom stereocenters. The predicted molar refractivity (Wildman–Crippen MR) is 69.2 cm³/mol. The van der Waals surface area contributed by atoms with Crippen molar-refractivity contribution in [3.05, 3.63) is 59.7 Å². The average Bonchev–Trinajstić information content (AvgIpc) is 2.31. The van der Waals surface area contributed by atoms with Crippen molar-refractivity contribution in [3.63, 3.8) is 0 Å². The van der Waals surface area contributed by atoms with E-state index in [0.717, 1.165) is 0 Å². The molecule has 0 heteroatoms. The van der Waals surface area contributed by atoms with Crippen LogP contribution in [0.1, 0.15) is 11.1 Å². The van der Waals surface area contributed by atoms with Crippen LogP contribution in [-0.2, 0) is 6.42 Å². The van der Waals surface area contributed by atoms with Gasteiger partial charge in [-0.15, -0.1) is 12.3 Å². The zero-order valence-corrected chi connectivity index (χ0v) is 9.40. The molecule has 2 aromatic carbocycles. The van der Waals surface area contributed by atoms with Crippen molar-refractivity contribution in [3.8, 4) is 23.5 Å². The van der Waals surface area contributed by atoms with Gasteiger partial charge in [0, 0.05) is 6.42 Å². The molecule has 2 rings (SSSR count). The number of hydrogen-bond donors (Lipinski definition) is 0. The van der Waals surface area contributed by atoms with Crippen LogP contribution in [0, 0.1) is 19.3 Å². The monoisotopic (exact) mass is 206 g/mol. The molecular formula is C16H14. The lowest BCUT2D eigenvalue weighted by atomic mass is 9.95. The van der Waals surface area contributed by atoms with Gasteiger partial charge in [0.25, 0.3) is 0 Å². The first-order valence-corrected chi connectivity index (χ1v) is 5.40. The van der Waals surface area contributed by atoms with E-state index in [4.69, 9.17) is 6.42 Å². The molecule has 78 valence electrons. The first-order chi connectivity index (χ1) is 7.83. The normalized spacial score (nSPS) is 9.75. The number of hydrogen-bond acceptors (Lipinski definition) is 0. The van der Waals surface area contributed by atoms with Gasteiger partial charge in [0.15, 0.2) is 0 Å². The molecule has 0 aliphatic rings. The van der Waals surface area contributed by atoms with E-state index in [0.29, 0.717) is 6.42 Å². The van der Waals surface area contributed by atoms with Gasteiger partial charge in [-0.05, 0) is 29.2 Å². The Bertz CT molecular complexity index is 530. The smallest absolute Gasteiger partial charge is 0.0343 e. The first kappa shape index (κ1) is 10.5. The Kier molecular flexibility index (Phi) is 3.08. The second-order valence-electron chi connectivity index (χ2n) is 3.85. The van der Waals surface area contributed by atoms with Crippen LogP contribution in [0.2, 0.25) is 0 Å². The molecule has 0 aliphatic heterocycles. The summed E-state index contributed by atoms with van der Waals surface area (Å²) >= 11 is 0. The van der Waals surface area contributed by atoms with Crippen molar-refractivity contribution >= 4 is 0 Å². The molecule has 0 amide bonds. The highest BCUT2D eigenvalue weighted by atomic mass is 14.1. The first-order valence-electron chi connectivity index (χ1n) is 5.40. The Morgan fingerprint density at radius 2 is 1.56 bits per heavy atom. The molecule has 0 radical (unpaired) electrons. The lowest BCUT2D eigenvalue weighted by molar-refractivity contribution is 1.31. The van der Waals surface area contributed by atoms with Crippen LogP contribution in [-0.4, -0.2) is 0 Å². The minimum atomic E-state index is 0.685. The molecule has 0 fully saturated rings. The Morgan fingerprint density at radius 1 is 0.938 bits per heavy atom. The Balaban J connectivity index is 2.57. The highest BCUT2D eigenvalue weighted by molar-refractivity contribution is 5.70. The van der Waals surface area contributed by atoms with E-state index in [1.807, 2.05) is 6.07 Å². The fraction of sp³-hybridized carbons (Fsp3) is 0.125. The lowest BCUT2D eigenvalue weighted by Crippen LogP contribution is -1.89. The molecule has 0 unspecified atom stereocenters. The fourth-order valence-corrected chi connectivity index (χ4v) is 1.92. The predicted octanol–water partition coefficient (Wildman–Crippen LogP) is 3.84. The molecular weight excluding hydrogens is 192 g/mol. The van der Waals surface area contributed by atoms with Crippen LogP contribution in [0.25, 0.3) is 11.1 Å². The van der Waals surface area contributed by atoms with Crippen LogP contribution in [0.15, 0.2) is 48.5 Å². The van der Waals surface area contributed by atoms with Gasteiger partial charge in [0.1, 0.15) is 0 Å². The SMILES string of the molecule is C#CCc1ccccc1-c1ccccc1C. The van der Waals surface area contributed by atoms with Crippen LogP contribution < -0.4 is 0 Å². The number of aryl methyl sites for hydroxylation is 1. The van der Waals surface area contributed by atoms with Crippen molar-refractivity contribution in [1.29, 1.82) is 0 Å². The van der Waals surface area contributed by atoms with Crippen LogP contribution >= 0.6 is 0 Å². The maximum atomic E-state index is 5.40. The molecule has 2 aromatic rings. The molecule has 0 spiro atoms. The van der Waals surface area contributed by atoms with E-state index < -0.39 is 0 Å². The van der Waals surface area contributed by atoms with Gasteiger partial charge in [0.05, 0.1) is 0 Å². The quantitative estimate of drug-likeness (QED) is 0.655. The van der Waals surface area contributed by atoms with Gasteiger partial charge in [-0.2, -0.15) is 0 Å². The third-order valence-corrected chi connectivity index (χ3v) is 2.75. The Morgan fingerprint density at radius 3 is 2.25 bits per heavy atom. The summed E-state index contributed by atoms with van der Waals surface area (Å²) in [7, 11) is 0. The summed E-state index contributed by atoms with van der Waals surface area (Å²) in [5.74, 6) is 2.71. The minimum Gasteiger partial charge on any atom is -0.120 e. The van der Waals surface area contributed by atoms with Crippen molar-refractivity contribution in [2.24, 2.45) is 0 Å². The van der Waals surface area contributed by atoms with Gasteiger partial charge in [-0.25, -0.2) is 0 Å². The van der Waals surface area contributed by atoms with E-state index in [-0.39, 0.29) is 0 Å². The molecule has 0 bridgehead atoms. The highest BCUT2D eigenvalue weighted by Crippen LogP contribution is 2.26. The zero-order chi connectivity index (χ0) is 11.4. The average molecular weight is 206 g/mol. The molecule has 0 saturated heterocycles. The van der Waals surface area contributed by atoms with E-state index in [9.17, 15) is 0 Å². The molecule has 0 aliphatic carbocycles. The minimum absolute atomic E-state index is 0.685. The van der Waals surface area contributed by atoms with Gasteiger partial charge in [-0.3, -0.25) is 0 Å². The summed E-state index contributed by atoms with van der Waals surface area (Å²) in [6.45, 7) is 2.13. The molecule has 0 N–H and O–H groups in total. The number of terminal acetylenes is 1. The summed E-state index contributed by atoms with van der Waals surface area (Å²) < 4.78 is 0. The lowest BCUT2D eigenvalue weighted by Gasteiger charge is -2.09. The van der Waals surface area contributed by atoms with Gasteiger partial charge in [0.2, 0.25) is 0 Å². The molecule has 0 nitrogen and oxygen atoms in total. The van der Waals surface area contributed by atoms with Crippen LogP contribution in [0.4, 0.5) is 0 Å². The van der Waals surface area contributed by atoms with Crippen molar-refractivity contribution in [2.75, 3.05) is 0 Å². The molecule has 0 saturated carbocycles. The standard InChI is InChI=1S/C16H14/c1-3-8-14-10-5-7-12-16(14)15-11-6-4-9-13(15)2/h1,4-7,9-12H,8H2,2H3. The third kappa shape index (κ3) is 1.99. The summed E-state index contributed by atoms with van der Waals surface area (Å²) in [6, 6.07) is 16.7. The maximum absolute atomic E-state index is 5.40. The summed E-state index contributed by atoms with van der Waals surface area (Å²) in [5.41, 5.74) is 5.03. The largest absolute Gasteiger partial charge is 0.120 e. The van der Waals surface area contributed by atoms with Gasteiger partial charge in [-0.1, -0.05) is 48.5 Å². The summed E-state index contributed by atoms with van der Waals surface area (Å²) in [6.07, 6.45) is 6.08. The van der Waals surface area contributed by atoms with Gasteiger partial charge >= 0.3 is 0 Å². The van der Waals surface area contributed by atoms with E-state index in [2.05, 4.69) is 55.3 Å². The second-order valence-corrected chi connectivity index (χ2v) is 3.85. The second kappa shape index (κ2) is 4.68. The maximum Gasteiger partial charge on any atom is 0.0343 e. The van der Waals surface area contributed by atoms with E-state index >= 15 is 0 Å². The summed E-state index contributed by atoms with van der Waals surface area (Å²) in [5, 5.41) is 0. The molecule has 0 aromatic heterocycles. The summed E-state index contributed by atoms with van der Waals surface area (Å²) in [4.78, 5) is 0. The Hall–Kier alpha value is -2.00. The van der Waals surface area contributed by atoms with Crippen LogP contribution in [0.3, 0.4) is 0 Å². The molecule has 16 heavy (non-hydrogen) atoms. The molecule has 0 heterocycles. The van der Waals surface area contributed by atoms with E-state index in [1.54, 1.807) is 0 Å². The number of rotatable bonds is 2. The number of benzene rings is 2. The van der Waals surface area contributed by atoms with Crippen molar-refractivity contribution < 1.29 is 0 Å². The topological polar surface area (TPSA) is 0 Å². The highest BCUT2D eigenvalue weighted by Gasteiger charge is 2.05. The Labute approximate surface area is 96.9 Å². The zero-order valence-electron chi connectivity index (χ0n) is 9.40. The third-order valence-electron chi connectivity index (χ3n) is 2.75. The van der Waals surface area contributed by atoms with E-state index in [1.165, 1.54) is 22.3 Å². The van der Waals surface area contributed by atoms with Crippen molar-refractivity contribution in [2.45, 2.75) is 13.3 Å². The van der Waals surface area contributed by atoms with Crippen molar-refractivity contribution in [1.82, 2.24) is 0 Å². The van der Waals surface area contributed by atoms with Crippen LogP contribution in [0.5, 0.6) is 0 Å². The van der Waals surface area contributed by atoms with Gasteiger partial charge < -0.3 is 0 Å².